The van der Waals surface area contributed by atoms with Crippen molar-refractivity contribution < 1.29 is 27.2 Å². The van der Waals surface area contributed by atoms with Crippen molar-refractivity contribution in [3.8, 4) is 22.9 Å². The molecule has 1 aromatic heterocycles. The number of rotatable bonds is 6. The first-order chi connectivity index (χ1) is 13.0. The summed E-state index contributed by atoms with van der Waals surface area (Å²) >= 11 is 6.20. The topological polar surface area (TPSA) is 57.4 Å². The van der Waals surface area contributed by atoms with Crippen molar-refractivity contribution >= 4 is 22.7 Å². The van der Waals surface area contributed by atoms with Crippen molar-refractivity contribution in [3.05, 3.63) is 59.7 Å². The van der Waals surface area contributed by atoms with Gasteiger partial charge in [-0.25, -0.2) is 4.39 Å². The van der Waals surface area contributed by atoms with Crippen LogP contribution < -0.4 is 9.47 Å². The van der Waals surface area contributed by atoms with E-state index in [0.29, 0.717) is 11.1 Å². The Morgan fingerprint density at radius 2 is 1.89 bits per heavy atom. The van der Waals surface area contributed by atoms with Crippen molar-refractivity contribution in [2.45, 2.75) is 6.61 Å². The number of aromatic nitrogens is 2. The first-order valence-electron chi connectivity index (χ1n) is 7.56. The maximum Gasteiger partial charge on any atom is 0.387 e. The highest BCUT2D eigenvalue weighted by Gasteiger charge is 2.14. The maximum absolute atomic E-state index is 13.0. The van der Waals surface area contributed by atoms with Crippen LogP contribution in [0.4, 0.5) is 13.2 Å². The summed E-state index contributed by atoms with van der Waals surface area (Å²) in [5.74, 6) is -0.0745. The van der Waals surface area contributed by atoms with Crippen LogP contribution in [0.25, 0.3) is 22.5 Å². The third-order valence-corrected chi connectivity index (χ3v) is 3.70. The molecule has 0 saturated heterocycles. The molecule has 3 aromatic rings. The Balaban J connectivity index is 1.84. The highest BCUT2D eigenvalue weighted by Crippen LogP contribution is 2.31. The van der Waals surface area contributed by atoms with Crippen LogP contribution in [0.1, 0.15) is 11.5 Å². The van der Waals surface area contributed by atoms with E-state index in [1.807, 2.05) is 0 Å². The Morgan fingerprint density at radius 1 is 1.15 bits per heavy atom. The molecular formula is C18H12ClF3N2O3. The molecular weight excluding hydrogens is 385 g/mol. The van der Waals surface area contributed by atoms with Crippen molar-refractivity contribution in [2.75, 3.05) is 7.11 Å². The Bertz CT molecular complexity index is 959. The number of ether oxygens (including phenoxy) is 2. The average Bonchev–Trinajstić information content (AvgIpc) is 3.13. The van der Waals surface area contributed by atoms with Gasteiger partial charge in [-0.05, 0) is 48.0 Å². The number of hydrogen-bond donors (Lipinski definition) is 0. The first kappa shape index (κ1) is 18.8. The molecule has 0 spiro atoms. The molecule has 0 N–H and O–H groups in total. The van der Waals surface area contributed by atoms with E-state index in [1.165, 1.54) is 55.7 Å². The Kier molecular flexibility index (Phi) is 5.66. The zero-order valence-corrected chi connectivity index (χ0v) is 14.6. The highest BCUT2D eigenvalue weighted by atomic mass is 35.5. The Hall–Kier alpha value is -3.00. The molecule has 0 saturated carbocycles. The van der Waals surface area contributed by atoms with Crippen molar-refractivity contribution in [1.82, 2.24) is 10.1 Å². The van der Waals surface area contributed by atoms with E-state index >= 15 is 0 Å². The highest BCUT2D eigenvalue weighted by molar-refractivity contribution is 6.50. The molecule has 9 heteroatoms. The quantitative estimate of drug-likeness (QED) is 0.571. The molecule has 0 radical (unpaired) electrons. The second kappa shape index (κ2) is 8.13. The van der Waals surface area contributed by atoms with Gasteiger partial charge in [0.15, 0.2) is 11.5 Å². The average molecular weight is 397 g/mol. The van der Waals surface area contributed by atoms with Crippen LogP contribution in [0.2, 0.25) is 0 Å². The predicted octanol–water partition coefficient (Wildman–Crippen LogP) is 5.22. The third-order valence-electron chi connectivity index (χ3n) is 3.43. The number of alkyl halides is 2. The van der Waals surface area contributed by atoms with Gasteiger partial charge in [0.25, 0.3) is 5.89 Å². The van der Waals surface area contributed by atoms with Gasteiger partial charge >= 0.3 is 6.61 Å². The van der Waals surface area contributed by atoms with Crippen LogP contribution in [-0.4, -0.2) is 23.9 Å². The summed E-state index contributed by atoms with van der Waals surface area (Å²) < 4.78 is 52.2. The largest absolute Gasteiger partial charge is 0.493 e. The van der Waals surface area contributed by atoms with Crippen LogP contribution >= 0.6 is 11.6 Å². The smallest absolute Gasteiger partial charge is 0.387 e. The molecule has 0 amide bonds. The molecule has 5 nitrogen and oxygen atoms in total. The zero-order valence-electron chi connectivity index (χ0n) is 13.8. The molecule has 140 valence electrons. The zero-order chi connectivity index (χ0) is 19.4. The summed E-state index contributed by atoms with van der Waals surface area (Å²) in [6, 6.07) is 9.88. The summed E-state index contributed by atoms with van der Waals surface area (Å²) in [5, 5.41) is 3.92. The summed E-state index contributed by atoms with van der Waals surface area (Å²) in [5.41, 5.74) is 1.10. The number of nitrogens with zero attached hydrogens (tertiary/aromatic N) is 2. The number of halogens is 4. The lowest BCUT2D eigenvalue weighted by atomic mass is 10.2. The van der Waals surface area contributed by atoms with E-state index in [4.69, 9.17) is 20.9 Å². The fraction of sp³-hybridized carbons (Fsp3) is 0.111. The van der Waals surface area contributed by atoms with Gasteiger partial charge in [-0.3, -0.25) is 0 Å². The summed E-state index contributed by atoms with van der Waals surface area (Å²) in [6.45, 7) is -2.97. The molecule has 3 rings (SSSR count). The Morgan fingerprint density at radius 3 is 2.56 bits per heavy atom. The molecule has 0 bridgehead atoms. The molecule has 27 heavy (non-hydrogen) atoms. The normalized spacial score (nSPS) is 11.7. The van der Waals surface area contributed by atoms with E-state index in [-0.39, 0.29) is 34.1 Å². The lowest BCUT2D eigenvalue weighted by Crippen LogP contribution is -2.03. The lowest BCUT2D eigenvalue weighted by Gasteiger charge is -2.10. The minimum absolute atomic E-state index is 0.0443. The van der Waals surface area contributed by atoms with Gasteiger partial charge < -0.3 is 14.0 Å². The van der Waals surface area contributed by atoms with Crippen LogP contribution in [-0.2, 0) is 0 Å². The number of methoxy groups -OCH3 is 1. The molecule has 0 unspecified atom stereocenters. The Labute approximate surface area is 157 Å². The molecule has 1 heterocycles. The van der Waals surface area contributed by atoms with E-state index in [0.717, 1.165) is 0 Å². The minimum Gasteiger partial charge on any atom is -0.493 e. The second-order valence-electron chi connectivity index (χ2n) is 5.21. The molecule has 0 atom stereocenters. The van der Waals surface area contributed by atoms with Gasteiger partial charge in [0.1, 0.15) is 10.8 Å². The van der Waals surface area contributed by atoms with Gasteiger partial charge in [0.2, 0.25) is 5.82 Å². The van der Waals surface area contributed by atoms with Gasteiger partial charge in [-0.1, -0.05) is 22.8 Å². The van der Waals surface area contributed by atoms with Crippen LogP contribution in [0.5, 0.6) is 11.5 Å². The van der Waals surface area contributed by atoms with Crippen LogP contribution in [0.15, 0.2) is 47.0 Å². The molecule has 0 aliphatic rings. The van der Waals surface area contributed by atoms with Gasteiger partial charge in [-0.15, -0.1) is 0 Å². The molecule has 2 aromatic carbocycles. The summed E-state index contributed by atoms with van der Waals surface area (Å²) in [4.78, 5) is 4.15. The maximum atomic E-state index is 13.0. The summed E-state index contributed by atoms with van der Waals surface area (Å²) in [7, 11) is 1.33. The summed E-state index contributed by atoms with van der Waals surface area (Å²) in [6.07, 6.45) is 1.50. The minimum atomic E-state index is -2.97. The van der Waals surface area contributed by atoms with Crippen LogP contribution in [0, 0.1) is 5.82 Å². The fourth-order valence-electron chi connectivity index (χ4n) is 2.21. The van der Waals surface area contributed by atoms with E-state index < -0.39 is 6.61 Å². The monoisotopic (exact) mass is 396 g/mol. The van der Waals surface area contributed by atoms with E-state index in [1.54, 1.807) is 0 Å². The van der Waals surface area contributed by atoms with Gasteiger partial charge in [0, 0.05) is 5.56 Å². The SMILES string of the molecule is COc1cc(/C=C(\Cl)c2nc(-c3ccc(F)cc3)no2)ccc1OC(F)F. The van der Waals surface area contributed by atoms with E-state index in [9.17, 15) is 13.2 Å². The lowest BCUT2D eigenvalue weighted by molar-refractivity contribution is -0.0512. The fourth-order valence-corrected chi connectivity index (χ4v) is 2.41. The van der Waals surface area contributed by atoms with Crippen molar-refractivity contribution in [2.24, 2.45) is 0 Å². The van der Waals surface area contributed by atoms with Crippen LogP contribution in [0.3, 0.4) is 0 Å². The van der Waals surface area contributed by atoms with Crippen molar-refractivity contribution in [1.29, 1.82) is 0 Å². The number of benzene rings is 2. The van der Waals surface area contributed by atoms with Gasteiger partial charge in [-0.2, -0.15) is 13.8 Å². The predicted molar refractivity (Wildman–Crippen MR) is 93.0 cm³/mol. The number of hydrogen-bond acceptors (Lipinski definition) is 5. The van der Waals surface area contributed by atoms with E-state index in [2.05, 4.69) is 14.9 Å². The molecule has 0 fully saturated rings. The standard InChI is InChI=1S/C18H12ClF3N2O3/c1-25-15-9-10(2-7-14(15)26-18(21)22)8-13(19)17-23-16(24-27-17)11-3-5-12(20)6-4-11/h2-9,18H,1H3/b13-8-. The molecule has 0 aliphatic carbocycles. The van der Waals surface area contributed by atoms with Crippen molar-refractivity contribution in [3.63, 3.8) is 0 Å². The molecule has 0 aliphatic heterocycles. The first-order valence-corrected chi connectivity index (χ1v) is 7.94. The second-order valence-corrected chi connectivity index (χ2v) is 5.62. The third kappa shape index (κ3) is 4.59. The van der Waals surface area contributed by atoms with Gasteiger partial charge in [0.05, 0.1) is 7.11 Å².